The standard InChI is InChI=1S/C11H23NO2/c1-2-7-14-8-6-12-5-3-4-11(9-12)10-13/h11,13H,2-10H2,1H3. The van der Waals surface area contributed by atoms with E-state index >= 15 is 0 Å². The summed E-state index contributed by atoms with van der Waals surface area (Å²) in [4.78, 5) is 2.40. The molecule has 0 spiro atoms. The van der Waals surface area contributed by atoms with Gasteiger partial charge in [0.15, 0.2) is 0 Å². The largest absolute Gasteiger partial charge is 0.396 e. The number of aliphatic hydroxyl groups is 1. The SMILES string of the molecule is CCCOCCN1CCCC(CO)C1. The second-order valence-electron chi connectivity index (χ2n) is 4.10. The number of rotatable bonds is 6. The molecule has 0 bridgehead atoms. The molecule has 1 unspecified atom stereocenters. The fraction of sp³-hybridized carbons (Fsp3) is 1.00. The Hall–Kier alpha value is -0.120. The highest BCUT2D eigenvalue weighted by Gasteiger charge is 2.18. The molecule has 0 aliphatic carbocycles. The average molecular weight is 201 g/mol. The van der Waals surface area contributed by atoms with Crippen molar-refractivity contribution in [1.29, 1.82) is 0 Å². The zero-order chi connectivity index (χ0) is 10.2. The van der Waals surface area contributed by atoms with Crippen LogP contribution in [-0.2, 0) is 4.74 Å². The second-order valence-corrected chi connectivity index (χ2v) is 4.10. The molecule has 1 fully saturated rings. The predicted octanol–water partition coefficient (Wildman–Crippen LogP) is 1.12. The van der Waals surface area contributed by atoms with E-state index in [0.29, 0.717) is 12.5 Å². The summed E-state index contributed by atoms with van der Waals surface area (Å²) in [5.74, 6) is 0.495. The summed E-state index contributed by atoms with van der Waals surface area (Å²) in [6.45, 7) is 7.42. The van der Waals surface area contributed by atoms with Crippen molar-refractivity contribution in [2.75, 3.05) is 39.5 Å². The van der Waals surface area contributed by atoms with E-state index in [9.17, 15) is 0 Å². The molecule has 84 valence electrons. The van der Waals surface area contributed by atoms with E-state index in [2.05, 4.69) is 11.8 Å². The zero-order valence-corrected chi connectivity index (χ0v) is 9.24. The minimum Gasteiger partial charge on any atom is -0.396 e. The van der Waals surface area contributed by atoms with E-state index in [1.165, 1.54) is 19.4 Å². The van der Waals surface area contributed by atoms with Crippen LogP contribution in [0.2, 0.25) is 0 Å². The van der Waals surface area contributed by atoms with Crippen LogP contribution in [0.1, 0.15) is 26.2 Å². The normalized spacial score (nSPS) is 24.0. The summed E-state index contributed by atoms with van der Waals surface area (Å²) in [5, 5.41) is 9.06. The maximum atomic E-state index is 9.06. The van der Waals surface area contributed by atoms with E-state index < -0.39 is 0 Å². The first kappa shape index (κ1) is 12.0. The molecular weight excluding hydrogens is 178 g/mol. The van der Waals surface area contributed by atoms with Crippen LogP contribution in [0.3, 0.4) is 0 Å². The third-order valence-corrected chi connectivity index (χ3v) is 2.76. The molecule has 14 heavy (non-hydrogen) atoms. The Morgan fingerprint density at radius 3 is 3.00 bits per heavy atom. The molecule has 0 aromatic heterocycles. The van der Waals surface area contributed by atoms with E-state index in [1.807, 2.05) is 0 Å². The molecule has 1 aliphatic heterocycles. The molecule has 0 aromatic rings. The lowest BCUT2D eigenvalue weighted by Gasteiger charge is -2.31. The van der Waals surface area contributed by atoms with E-state index in [1.54, 1.807) is 0 Å². The maximum Gasteiger partial charge on any atom is 0.0593 e. The first-order chi connectivity index (χ1) is 6.86. The molecule has 3 nitrogen and oxygen atoms in total. The third-order valence-electron chi connectivity index (χ3n) is 2.76. The summed E-state index contributed by atoms with van der Waals surface area (Å²) >= 11 is 0. The van der Waals surface area contributed by atoms with Gasteiger partial charge in [0.1, 0.15) is 0 Å². The zero-order valence-electron chi connectivity index (χ0n) is 9.24. The molecule has 1 atom stereocenters. The molecule has 3 heteroatoms. The highest BCUT2D eigenvalue weighted by atomic mass is 16.5. The lowest BCUT2D eigenvalue weighted by molar-refractivity contribution is 0.0718. The van der Waals surface area contributed by atoms with Crippen molar-refractivity contribution < 1.29 is 9.84 Å². The molecule has 1 heterocycles. The van der Waals surface area contributed by atoms with Gasteiger partial charge in [0.05, 0.1) is 6.61 Å². The summed E-state index contributed by atoms with van der Waals surface area (Å²) in [5.41, 5.74) is 0. The van der Waals surface area contributed by atoms with E-state index in [4.69, 9.17) is 9.84 Å². The molecule has 1 N–H and O–H groups in total. The van der Waals surface area contributed by atoms with Gasteiger partial charge in [-0.1, -0.05) is 6.92 Å². The van der Waals surface area contributed by atoms with Crippen molar-refractivity contribution in [3.05, 3.63) is 0 Å². The van der Waals surface area contributed by atoms with E-state index in [0.717, 1.165) is 32.7 Å². The minimum atomic E-state index is 0.340. The van der Waals surface area contributed by atoms with Crippen LogP contribution in [0.25, 0.3) is 0 Å². The van der Waals surface area contributed by atoms with Gasteiger partial charge in [-0.05, 0) is 31.7 Å². The smallest absolute Gasteiger partial charge is 0.0593 e. The van der Waals surface area contributed by atoms with Crippen LogP contribution in [0.5, 0.6) is 0 Å². The summed E-state index contributed by atoms with van der Waals surface area (Å²) in [6.07, 6.45) is 3.50. The third kappa shape index (κ3) is 4.40. The van der Waals surface area contributed by atoms with Gasteiger partial charge in [0.2, 0.25) is 0 Å². The molecule has 0 aromatic carbocycles. The van der Waals surface area contributed by atoms with Gasteiger partial charge in [-0.2, -0.15) is 0 Å². The van der Waals surface area contributed by atoms with Gasteiger partial charge in [-0.3, -0.25) is 0 Å². The second kappa shape index (κ2) is 7.21. The molecule has 0 saturated carbocycles. The van der Waals surface area contributed by atoms with Crippen molar-refractivity contribution in [1.82, 2.24) is 4.90 Å². The Morgan fingerprint density at radius 1 is 1.43 bits per heavy atom. The molecule has 0 amide bonds. The van der Waals surface area contributed by atoms with Crippen molar-refractivity contribution in [3.8, 4) is 0 Å². The van der Waals surface area contributed by atoms with Crippen LogP contribution in [-0.4, -0.2) is 49.5 Å². The van der Waals surface area contributed by atoms with Crippen LogP contribution in [0.15, 0.2) is 0 Å². The number of nitrogens with zero attached hydrogens (tertiary/aromatic N) is 1. The molecule has 1 aliphatic rings. The van der Waals surface area contributed by atoms with Gasteiger partial charge in [-0.15, -0.1) is 0 Å². The number of hydrogen-bond acceptors (Lipinski definition) is 3. The average Bonchev–Trinajstić information content (AvgIpc) is 2.25. The Bertz CT molecular complexity index is 141. The predicted molar refractivity (Wildman–Crippen MR) is 57.4 cm³/mol. The van der Waals surface area contributed by atoms with Gasteiger partial charge < -0.3 is 14.7 Å². The first-order valence-electron chi connectivity index (χ1n) is 5.77. The van der Waals surface area contributed by atoms with Crippen molar-refractivity contribution >= 4 is 0 Å². The quantitative estimate of drug-likeness (QED) is 0.654. The highest BCUT2D eigenvalue weighted by molar-refractivity contribution is 4.71. The highest BCUT2D eigenvalue weighted by Crippen LogP contribution is 2.14. The van der Waals surface area contributed by atoms with Gasteiger partial charge in [0, 0.05) is 26.3 Å². The van der Waals surface area contributed by atoms with Crippen LogP contribution < -0.4 is 0 Å². The summed E-state index contributed by atoms with van der Waals surface area (Å²) < 4.78 is 5.45. The number of piperidine rings is 1. The van der Waals surface area contributed by atoms with Crippen LogP contribution >= 0.6 is 0 Å². The van der Waals surface area contributed by atoms with Crippen LogP contribution in [0.4, 0.5) is 0 Å². The topological polar surface area (TPSA) is 32.7 Å². The summed E-state index contributed by atoms with van der Waals surface area (Å²) in [6, 6.07) is 0. The molecule has 1 saturated heterocycles. The lowest BCUT2D eigenvalue weighted by Crippen LogP contribution is -2.38. The molecular formula is C11H23NO2. The summed E-state index contributed by atoms with van der Waals surface area (Å²) in [7, 11) is 0. The maximum absolute atomic E-state index is 9.06. The minimum absolute atomic E-state index is 0.340. The van der Waals surface area contributed by atoms with Gasteiger partial charge in [0.25, 0.3) is 0 Å². The Labute approximate surface area is 87.1 Å². The number of hydrogen-bond donors (Lipinski definition) is 1. The molecule has 1 rings (SSSR count). The Balaban J connectivity index is 2.05. The van der Waals surface area contributed by atoms with Crippen LogP contribution in [0, 0.1) is 5.92 Å². The van der Waals surface area contributed by atoms with Crippen molar-refractivity contribution in [2.45, 2.75) is 26.2 Å². The number of aliphatic hydroxyl groups excluding tert-OH is 1. The molecule has 0 radical (unpaired) electrons. The number of ether oxygens (including phenoxy) is 1. The Morgan fingerprint density at radius 2 is 2.29 bits per heavy atom. The van der Waals surface area contributed by atoms with Gasteiger partial charge >= 0.3 is 0 Å². The first-order valence-corrected chi connectivity index (χ1v) is 5.77. The van der Waals surface area contributed by atoms with Gasteiger partial charge in [-0.25, -0.2) is 0 Å². The fourth-order valence-corrected chi connectivity index (χ4v) is 1.94. The van der Waals surface area contributed by atoms with Crippen molar-refractivity contribution in [3.63, 3.8) is 0 Å². The Kier molecular flexibility index (Phi) is 6.15. The fourth-order valence-electron chi connectivity index (χ4n) is 1.94. The number of likely N-dealkylation sites (tertiary alicyclic amines) is 1. The van der Waals surface area contributed by atoms with E-state index in [-0.39, 0.29) is 0 Å². The monoisotopic (exact) mass is 201 g/mol. The lowest BCUT2D eigenvalue weighted by atomic mass is 9.99. The van der Waals surface area contributed by atoms with Crippen molar-refractivity contribution in [2.24, 2.45) is 5.92 Å².